The van der Waals surface area contributed by atoms with Gasteiger partial charge in [0.15, 0.2) is 11.5 Å². The average Bonchev–Trinajstić information content (AvgIpc) is 2.78. The lowest BCUT2D eigenvalue weighted by Crippen LogP contribution is -2.04. The summed E-state index contributed by atoms with van der Waals surface area (Å²) in [6.45, 7) is 4.22. The molecule has 2 aromatic carbocycles. The number of hydrogen-bond acceptors (Lipinski definition) is 6. The number of rotatable bonds is 11. The lowest BCUT2D eigenvalue weighted by Gasteiger charge is -2.18. The van der Waals surface area contributed by atoms with Crippen LogP contribution >= 0.6 is 0 Å². The molecule has 32 heavy (non-hydrogen) atoms. The van der Waals surface area contributed by atoms with Crippen molar-refractivity contribution in [2.45, 2.75) is 26.9 Å². The van der Waals surface area contributed by atoms with Crippen molar-refractivity contribution in [2.24, 2.45) is 0 Å². The summed E-state index contributed by atoms with van der Waals surface area (Å²) < 4.78 is 28.0. The molecule has 0 spiro atoms. The predicted octanol–water partition coefficient (Wildman–Crippen LogP) is 4.91. The van der Waals surface area contributed by atoms with Gasteiger partial charge in [-0.05, 0) is 56.2 Å². The molecule has 0 unspecified atom stereocenters. The van der Waals surface area contributed by atoms with E-state index in [4.69, 9.17) is 28.8 Å². The lowest BCUT2D eigenvalue weighted by molar-refractivity contribution is -0.131. The fraction of sp³-hybridized carbons (Fsp3) is 0.320. The van der Waals surface area contributed by atoms with Gasteiger partial charge in [-0.25, -0.2) is 4.79 Å². The zero-order chi connectivity index (χ0) is 23.7. The summed E-state index contributed by atoms with van der Waals surface area (Å²) in [5, 5.41) is 9.08. The molecule has 1 N–H and O–H groups in total. The zero-order valence-corrected chi connectivity index (χ0v) is 19.4. The molecule has 0 heterocycles. The molecular formula is C25H30O7. The summed E-state index contributed by atoms with van der Waals surface area (Å²) in [5.74, 6) is 1.71. The molecule has 2 aromatic rings. The minimum atomic E-state index is -1.04. The van der Waals surface area contributed by atoms with Crippen molar-refractivity contribution in [1.82, 2.24) is 0 Å². The molecule has 2 rings (SSSR count). The first-order valence-electron chi connectivity index (χ1n) is 10.0. The van der Waals surface area contributed by atoms with E-state index in [1.807, 2.05) is 32.0 Å². The number of carboxylic acids is 1. The van der Waals surface area contributed by atoms with Crippen LogP contribution in [-0.4, -0.2) is 39.5 Å². The molecule has 7 heteroatoms. The SMILES string of the molecule is COc1ccc(/C=C/C(=O)O)c(OCc2cc(OC)c(OC)c(OC)c2)c1CC=C(C)C. The highest BCUT2D eigenvalue weighted by Crippen LogP contribution is 2.39. The van der Waals surface area contributed by atoms with Crippen molar-refractivity contribution in [3.63, 3.8) is 0 Å². The third kappa shape index (κ3) is 6.20. The Labute approximate surface area is 188 Å². The van der Waals surface area contributed by atoms with Crippen LogP contribution in [0.15, 0.2) is 42.0 Å². The maximum Gasteiger partial charge on any atom is 0.328 e. The van der Waals surface area contributed by atoms with Crippen LogP contribution in [0, 0.1) is 0 Å². The molecule has 0 fully saturated rings. The van der Waals surface area contributed by atoms with Crippen LogP contribution in [-0.2, 0) is 17.8 Å². The number of hydrogen-bond donors (Lipinski definition) is 1. The Morgan fingerprint density at radius 2 is 1.53 bits per heavy atom. The van der Waals surface area contributed by atoms with Gasteiger partial charge in [0.05, 0.1) is 28.4 Å². The molecule has 0 saturated carbocycles. The number of benzene rings is 2. The molecular weight excluding hydrogens is 412 g/mol. The minimum Gasteiger partial charge on any atom is -0.496 e. The summed E-state index contributed by atoms with van der Waals surface area (Å²) in [4.78, 5) is 11.1. The highest BCUT2D eigenvalue weighted by Gasteiger charge is 2.17. The van der Waals surface area contributed by atoms with Gasteiger partial charge >= 0.3 is 5.97 Å². The molecule has 0 saturated heterocycles. The van der Waals surface area contributed by atoms with Gasteiger partial charge in [-0.1, -0.05) is 11.6 Å². The smallest absolute Gasteiger partial charge is 0.328 e. The molecule has 172 valence electrons. The molecule has 0 aliphatic heterocycles. The van der Waals surface area contributed by atoms with Crippen molar-refractivity contribution < 1.29 is 33.6 Å². The molecule has 0 aliphatic carbocycles. The Kier molecular flexibility index (Phi) is 9.01. The molecule has 0 amide bonds. The van der Waals surface area contributed by atoms with Crippen molar-refractivity contribution in [1.29, 1.82) is 0 Å². The quantitative estimate of drug-likeness (QED) is 0.391. The van der Waals surface area contributed by atoms with Gasteiger partial charge in [0.2, 0.25) is 5.75 Å². The van der Waals surface area contributed by atoms with Crippen LogP contribution < -0.4 is 23.7 Å². The third-order valence-electron chi connectivity index (χ3n) is 4.70. The topological polar surface area (TPSA) is 83.5 Å². The maximum absolute atomic E-state index is 11.1. The highest BCUT2D eigenvalue weighted by molar-refractivity contribution is 5.86. The number of allylic oxidation sites excluding steroid dienone is 2. The van der Waals surface area contributed by atoms with E-state index in [2.05, 4.69) is 6.08 Å². The zero-order valence-electron chi connectivity index (χ0n) is 19.4. The maximum atomic E-state index is 11.1. The van der Waals surface area contributed by atoms with Crippen LogP contribution in [0.3, 0.4) is 0 Å². The monoisotopic (exact) mass is 442 g/mol. The first-order valence-corrected chi connectivity index (χ1v) is 10.0. The van der Waals surface area contributed by atoms with Gasteiger partial charge in [0.25, 0.3) is 0 Å². The van der Waals surface area contributed by atoms with E-state index >= 15 is 0 Å². The molecule has 0 aliphatic rings. The van der Waals surface area contributed by atoms with Crippen LogP contribution in [0.4, 0.5) is 0 Å². The molecule has 7 nitrogen and oxygen atoms in total. The second-order valence-electron chi connectivity index (χ2n) is 7.14. The van der Waals surface area contributed by atoms with Crippen molar-refractivity contribution in [3.05, 3.63) is 58.7 Å². The van der Waals surface area contributed by atoms with Gasteiger partial charge in [0.1, 0.15) is 18.1 Å². The van der Waals surface area contributed by atoms with Crippen molar-refractivity contribution in [2.75, 3.05) is 28.4 Å². The number of carbonyl (C=O) groups is 1. The second kappa shape index (κ2) is 11.7. The Morgan fingerprint density at radius 3 is 2.03 bits per heavy atom. The van der Waals surface area contributed by atoms with E-state index in [0.717, 1.165) is 22.8 Å². The average molecular weight is 443 g/mol. The van der Waals surface area contributed by atoms with E-state index in [0.29, 0.717) is 40.7 Å². The van der Waals surface area contributed by atoms with Crippen LogP contribution in [0.25, 0.3) is 6.08 Å². The molecule has 0 aromatic heterocycles. The highest BCUT2D eigenvalue weighted by atomic mass is 16.5. The van der Waals surface area contributed by atoms with Gasteiger partial charge in [0, 0.05) is 17.2 Å². The molecule has 0 bridgehead atoms. The Bertz CT molecular complexity index is 977. The van der Waals surface area contributed by atoms with Gasteiger partial charge in [-0.2, -0.15) is 0 Å². The van der Waals surface area contributed by atoms with E-state index in [1.165, 1.54) is 6.08 Å². The Morgan fingerprint density at radius 1 is 0.906 bits per heavy atom. The Hall–Kier alpha value is -3.61. The number of aliphatic carboxylic acids is 1. The largest absolute Gasteiger partial charge is 0.496 e. The summed E-state index contributed by atoms with van der Waals surface area (Å²) in [6.07, 6.45) is 5.23. The normalized spacial score (nSPS) is 10.6. The summed E-state index contributed by atoms with van der Waals surface area (Å²) in [6, 6.07) is 7.20. The van der Waals surface area contributed by atoms with E-state index < -0.39 is 5.97 Å². The van der Waals surface area contributed by atoms with E-state index in [-0.39, 0.29) is 6.61 Å². The van der Waals surface area contributed by atoms with Gasteiger partial charge < -0.3 is 28.8 Å². The van der Waals surface area contributed by atoms with Crippen molar-refractivity contribution >= 4 is 12.0 Å². The number of ether oxygens (including phenoxy) is 5. The summed E-state index contributed by atoms with van der Waals surface area (Å²) in [5.41, 5.74) is 3.41. The first-order chi connectivity index (χ1) is 15.3. The number of methoxy groups -OCH3 is 4. The van der Waals surface area contributed by atoms with Crippen LogP contribution in [0.1, 0.15) is 30.5 Å². The number of carboxylic acid groups (broad SMARTS) is 1. The molecule has 0 atom stereocenters. The van der Waals surface area contributed by atoms with Gasteiger partial charge in [-0.15, -0.1) is 0 Å². The van der Waals surface area contributed by atoms with Crippen molar-refractivity contribution in [3.8, 4) is 28.7 Å². The predicted molar refractivity (Wildman–Crippen MR) is 123 cm³/mol. The summed E-state index contributed by atoms with van der Waals surface area (Å²) in [7, 11) is 6.24. The standard InChI is InChI=1S/C25H30O7/c1-16(2)7-10-19-20(28-3)11-8-18(9-12-23(26)27)24(19)32-15-17-13-21(29-4)25(31-6)22(14-17)30-5/h7-9,11-14H,10,15H2,1-6H3,(H,26,27)/b12-9+. The fourth-order valence-electron chi connectivity index (χ4n) is 3.16. The fourth-order valence-corrected chi connectivity index (χ4v) is 3.16. The van der Waals surface area contributed by atoms with Crippen LogP contribution in [0.5, 0.6) is 28.7 Å². The first kappa shape index (κ1) is 24.7. The van der Waals surface area contributed by atoms with E-state index in [9.17, 15) is 4.79 Å². The van der Waals surface area contributed by atoms with E-state index in [1.54, 1.807) is 34.5 Å². The minimum absolute atomic E-state index is 0.194. The Balaban J connectivity index is 2.52. The molecule has 0 radical (unpaired) electrons. The summed E-state index contributed by atoms with van der Waals surface area (Å²) >= 11 is 0. The van der Waals surface area contributed by atoms with Crippen LogP contribution in [0.2, 0.25) is 0 Å². The lowest BCUT2D eigenvalue weighted by atomic mass is 10.0. The second-order valence-corrected chi connectivity index (χ2v) is 7.14. The van der Waals surface area contributed by atoms with Gasteiger partial charge in [-0.3, -0.25) is 0 Å². The third-order valence-corrected chi connectivity index (χ3v) is 4.70.